The van der Waals surface area contributed by atoms with Crippen molar-refractivity contribution in [3.63, 3.8) is 0 Å². The number of para-hydroxylation sites is 1. The minimum atomic E-state index is 0.791. The lowest BCUT2D eigenvalue weighted by Gasteiger charge is -2.05. The molecule has 2 aromatic carbocycles. The van der Waals surface area contributed by atoms with Gasteiger partial charge in [-0.3, -0.25) is 0 Å². The fourth-order valence-electron chi connectivity index (χ4n) is 2.85. The molecule has 0 radical (unpaired) electrons. The second-order valence-corrected chi connectivity index (χ2v) is 6.58. The Hall–Kier alpha value is -2.92. The molecule has 0 spiro atoms. The fraction of sp³-hybridized carbons (Fsp3) is 0.0476. The highest BCUT2D eigenvalue weighted by Crippen LogP contribution is 2.34. The normalized spacial score (nSPS) is 10.7. The fourth-order valence-corrected chi connectivity index (χ4v) is 3.22. The van der Waals surface area contributed by atoms with E-state index in [-0.39, 0.29) is 0 Å². The zero-order valence-electron chi connectivity index (χ0n) is 14.1. The van der Waals surface area contributed by atoms with Gasteiger partial charge in [-0.25, -0.2) is 9.67 Å². The Balaban J connectivity index is 1.92. The van der Waals surface area contributed by atoms with Crippen molar-refractivity contribution in [3.05, 3.63) is 83.7 Å². The topological polar surface area (TPSA) is 39.9 Å². The molecule has 4 nitrogen and oxygen atoms in total. The van der Waals surface area contributed by atoms with E-state index in [1.54, 1.807) is 13.3 Å². The predicted octanol–water partition coefficient (Wildman–Crippen LogP) is 5.37. The number of hydrogen-bond acceptors (Lipinski definition) is 3. The quantitative estimate of drug-likeness (QED) is 0.428. The molecule has 0 atom stereocenters. The van der Waals surface area contributed by atoms with Gasteiger partial charge < -0.3 is 4.74 Å². The Kier molecular flexibility index (Phi) is 4.54. The van der Waals surface area contributed by atoms with Crippen LogP contribution in [0.25, 0.3) is 28.1 Å². The summed E-state index contributed by atoms with van der Waals surface area (Å²) in [5.41, 5.74) is 4.99. The average molecular weight is 406 g/mol. The maximum Gasteiger partial charge on any atom is 0.119 e. The van der Waals surface area contributed by atoms with E-state index in [0.29, 0.717) is 0 Å². The lowest BCUT2D eigenvalue weighted by atomic mass is 10.0. The van der Waals surface area contributed by atoms with Crippen LogP contribution in [0.4, 0.5) is 0 Å². The Morgan fingerprint density at radius 2 is 1.77 bits per heavy atom. The number of pyridine rings is 1. The maximum atomic E-state index is 5.38. The third-order valence-electron chi connectivity index (χ3n) is 4.12. The van der Waals surface area contributed by atoms with Crippen molar-refractivity contribution >= 4 is 15.9 Å². The zero-order chi connectivity index (χ0) is 17.9. The summed E-state index contributed by atoms with van der Waals surface area (Å²) in [5, 5.41) is 4.86. The summed E-state index contributed by atoms with van der Waals surface area (Å²) in [7, 11) is 1.67. The predicted molar refractivity (Wildman–Crippen MR) is 106 cm³/mol. The summed E-state index contributed by atoms with van der Waals surface area (Å²) in [6.07, 6.45) is 3.83. The molecule has 4 aromatic rings. The molecular formula is C21H16BrN3O. The van der Waals surface area contributed by atoms with Gasteiger partial charge in [0, 0.05) is 23.5 Å². The van der Waals surface area contributed by atoms with E-state index in [2.05, 4.69) is 20.9 Å². The highest BCUT2D eigenvalue weighted by Gasteiger charge is 2.15. The molecule has 4 rings (SSSR count). The van der Waals surface area contributed by atoms with Crippen molar-refractivity contribution in [2.24, 2.45) is 0 Å². The van der Waals surface area contributed by atoms with Gasteiger partial charge in [-0.15, -0.1) is 0 Å². The molecule has 0 aliphatic rings. The van der Waals surface area contributed by atoms with Gasteiger partial charge in [-0.1, -0.05) is 30.3 Å². The minimum absolute atomic E-state index is 0.791. The Morgan fingerprint density at radius 1 is 0.923 bits per heavy atom. The highest BCUT2D eigenvalue weighted by molar-refractivity contribution is 9.10. The SMILES string of the molecule is COc1cccc(-c2nn(-c3ccccc3)cc2-c2ccnc(Br)c2)c1. The molecule has 0 bridgehead atoms. The van der Waals surface area contributed by atoms with Gasteiger partial charge in [0.2, 0.25) is 0 Å². The van der Waals surface area contributed by atoms with Crippen LogP contribution in [0.3, 0.4) is 0 Å². The van der Waals surface area contributed by atoms with E-state index < -0.39 is 0 Å². The van der Waals surface area contributed by atoms with Gasteiger partial charge in [0.25, 0.3) is 0 Å². The van der Waals surface area contributed by atoms with E-state index in [1.807, 2.05) is 77.6 Å². The first-order valence-corrected chi connectivity index (χ1v) is 8.95. The van der Waals surface area contributed by atoms with Crippen LogP contribution in [0.15, 0.2) is 83.7 Å². The van der Waals surface area contributed by atoms with Crippen molar-refractivity contribution < 1.29 is 4.74 Å². The monoisotopic (exact) mass is 405 g/mol. The van der Waals surface area contributed by atoms with Crippen LogP contribution in [0, 0.1) is 0 Å². The highest BCUT2D eigenvalue weighted by atomic mass is 79.9. The lowest BCUT2D eigenvalue weighted by Crippen LogP contribution is -1.94. The van der Waals surface area contributed by atoms with E-state index in [1.165, 1.54) is 0 Å². The van der Waals surface area contributed by atoms with Crippen molar-refractivity contribution in [1.82, 2.24) is 14.8 Å². The molecule has 128 valence electrons. The van der Waals surface area contributed by atoms with Crippen LogP contribution in [-0.2, 0) is 0 Å². The molecule has 0 N–H and O–H groups in total. The first kappa shape index (κ1) is 16.5. The largest absolute Gasteiger partial charge is 0.497 e. The molecule has 0 amide bonds. The van der Waals surface area contributed by atoms with Crippen LogP contribution < -0.4 is 4.74 Å². The van der Waals surface area contributed by atoms with Crippen LogP contribution in [-0.4, -0.2) is 21.9 Å². The third-order valence-corrected chi connectivity index (χ3v) is 4.55. The third kappa shape index (κ3) is 3.26. The second kappa shape index (κ2) is 7.14. The first-order chi connectivity index (χ1) is 12.7. The minimum Gasteiger partial charge on any atom is -0.497 e. The number of ether oxygens (including phenoxy) is 1. The smallest absolute Gasteiger partial charge is 0.119 e. The number of nitrogens with zero attached hydrogens (tertiary/aromatic N) is 3. The Labute approximate surface area is 160 Å². The summed E-state index contributed by atoms with van der Waals surface area (Å²) < 4.78 is 8.07. The van der Waals surface area contributed by atoms with Crippen LogP contribution in [0.1, 0.15) is 0 Å². The number of rotatable bonds is 4. The van der Waals surface area contributed by atoms with Gasteiger partial charge in [0.1, 0.15) is 16.0 Å². The molecule has 0 aliphatic carbocycles. The molecule has 0 saturated carbocycles. The van der Waals surface area contributed by atoms with E-state index in [9.17, 15) is 0 Å². The summed E-state index contributed by atoms with van der Waals surface area (Å²) in [6.45, 7) is 0. The van der Waals surface area contributed by atoms with Crippen molar-refractivity contribution in [3.8, 4) is 33.8 Å². The van der Waals surface area contributed by atoms with Gasteiger partial charge in [-0.2, -0.15) is 5.10 Å². The number of methoxy groups -OCH3 is 1. The second-order valence-electron chi connectivity index (χ2n) is 5.77. The van der Waals surface area contributed by atoms with Crippen LogP contribution >= 0.6 is 15.9 Å². The van der Waals surface area contributed by atoms with Crippen LogP contribution in [0.5, 0.6) is 5.75 Å². The maximum absolute atomic E-state index is 5.38. The Morgan fingerprint density at radius 3 is 2.54 bits per heavy atom. The van der Waals surface area contributed by atoms with Crippen molar-refractivity contribution in [2.45, 2.75) is 0 Å². The van der Waals surface area contributed by atoms with Gasteiger partial charge in [0.05, 0.1) is 12.8 Å². The van der Waals surface area contributed by atoms with E-state index in [4.69, 9.17) is 9.84 Å². The number of aromatic nitrogens is 3. The van der Waals surface area contributed by atoms with Gasteiger partial charge >= 0.3 is 0 Å². The standard InChI is InChI=1S/C21H16BrN3O/c1-26-18-9-5-6-16(12-18)21-19(15-10-11-23-20(22)13-15)14-25(24-21)17-7-3-2-4-8-17/h2-14H,1H3. The van der Waals surface area contributed by atoms with Gasteiger partial charge in [-0.05, 0) is 57.9 Å². The molecule has 0 unspecified atom stereocenters. The Bertz CT molecular complexity index is 1040. The lowest BCUT2D eigenvalue weighted by molar-refractivity contribution is 0.415. The summed E-state index contributed by atoms with van der Waals surface area (Å²) >= 11 is 3.46. The molecule has 0 fully saturated rings. The van der Waals surface area contributed by atoms with Gasteiger partial charge in [0.15, 0.2) is 0 Å². The molecular weight excluding hydrogens is 390 g/mol. The van der Waals surface area contributed by atoms with Crippen molar-refractivity contribution in [1.29, 1.82) is 0 Å². The number of benzene rings is 2. The summed E-state index contributed by atoms with van der Waals surface area (Å²) in [4.78, 5) is 4.23. The molecule has 0 saturated heterocycles. The molecule has 2 aromatic heterocycles. The average Bonchev–Trinajstić information content (AvgIpc) is 3.14. The summed E-state index contributed by atoms with van der Waals surface area (Å²) in [6, 6.07) is 22.0. The molecule has 2 heterocycles. The summed E-state index contributed by atoms with van der Waals surface area (Å²) in [5.74, 6) is 0.804. The molecule has 0 aliphatic heterocycles. The number of halogens is 1. The van der Waals surface area contributed by atoms with E-state index >= 15 is 0 Å². The van der Waals surface area contributed by atoms with Crippen LogP contribution in [0.2, 0.25) is 0 Å². The number of hydrogen-bond donors (Lipinski definition) is 0. The first-order valence-electron chi connectivity index (χ1n) is 8.16. The molecule has 26 heavy (non-hydrogen) atoms. The van der Waals surface area contributed by atoms with E-state index in [0.717, 1.165) is 38.4 Å². The molecule has 5 heteroatoms. The zero-order valence-corrected chi connectivity index (χ0v) is 15.7. The van der Waals surface area contributed by atoms with Crippen molar-refractivity contribution in [2.75, 3.05) is 7.11 Å².